The van der Waals surface area contributed by atoms with Crippen LogP contribution in [-0.4, -0.2) is 42.2 Å². The molecule has 1 atom stereocenters. The van der Waals surface area contributed by atoms with E-state index in [1.807, 2.05) is 35.1 Å². The van der Waals surface area contributed by atoms with E-state index in [1.165, 1.54) is 12.8 Å². The molecule has 7 nitrogen and oxygen atoms in total. The minimum atomic E-state index is -1.11. The highest BCUT2D eigenvalue weighted by Crippen LogP contribution is 2.40. The Kier molecular flexibility index (Phi) is 6.02. The monoisotopic (exact) mass is 481 g/mol. The van der Waals surface area contributed by atoms with Crippen molar-refractivity contribution in [2.75, 3.05) is 19.1 Å². The number of carbonyl (C=O) groups excluding carboxylic acids is 2. The van der Waals surface area contributed by atoms with Gasteiger partial charge in [0, 0.05) is 17.8 Å². The van der Waals surface area contributed by atoms with Crippen LogP contribution in [0.4, 0.5) is 5.69 Å². The molecule has 5 rings (SSSR count). The smallest absolute Gasteiger partial charge is 0.275 e. The molecule has 8 heteroatoms. The zero-order chi connectivity index (χ0) is 23.9. The molecular weight excluding hydrogens is 450 g/mol. The molecule has 2 aromatic heterocycles. The average Bonchev–Trinajstić information content (AvgIpc) is 3.33. The first kappa shape index (κ1) is 22.8. The van der Waals surface area contributed by atoms with Crippen LogP contribution in [0.15, 0.2) is 35.7 Å². The van der Waals surface area contributed by atoms with Crippen LogP contribution >= 0.6 is 11.3 Å². The summed E-state index contributed by atoms with van der Waals surface area (Å²) in [4.78, 5) is 29.5. The molecule has 3 heterocycles. The average molecular weight is 482 g/mol. The third kappa shape index (κ3) is 3.74. The van der Waals surface area contributed by atoms with Gasteiger partial charge in [-0.1, -0.05) is 25.7 Å². The summed E-state index contributed by atoms with van der Waals surface area (Å²) in [6.07, 6.45) is 6.63. The molecule has 0 bridgehead atoms. The lowest BCUT2D eigenvalue weighted by atomic mass is 9.92. The van der Waals surface area contributed by atoms with Crippen molar-refractivity contribution in [2.45, 2.75) is 63.6 Å². The molecule has 180 valence electrons. The lowest BCUT2D eigenvalue weighted by molar-refractivity contribution is -0.127. The molecule has 1 saturated carbocycles. The van der Waals surface area contributed by atoms with Gasteiger partial charge in [0.1, 0.15) is 11.2 Å². The minimum absolute atomic E-state index is 0.120. The molecule has 2 aliphatic rings. The van der Waals surface area contributed by atoms with E-state index in [9.17, 15) is 9.59 Å². The van der Waals surface area contributed by atoms with Gasteiger partial charge in [-0.3, -0.25) is 14.5 Å². The molecule has 2 amide bonds. The summed E-state index contributed by atoms with van der Waals surface area (Å²) < 4.78 is 13.9. The highest BCUT2D eigenvalue weighted by atomic mass is 32.1. The summed E-state index contributed by atoms with van der Waals surface area (Å²) in [6, 6.07) is 9.45. The number of hydrogen-bond donors (Lipinski definition) is 1. The van der Waals surface area contributed by atoms with Gasteiger partial charge in [0.15, 0.2) is 11.5 Å². The second-order valence-corrected chi connectivity index (χ2v) is 10.3. The predicted molar refractivity (Wildman–Crippen MR) is 134 cm³/mol. The van der Waals surface area contributed by atoms with Gasteiger partial charge in [0.05, 0.1) is 31.0 Å². The first-order valence-corrected chi connectivity index (χ1v) is 12.8. The van der Waals surface area contributed by atoms with Crippen LogP contribution in [0.3, 0.4) is 0 Å². The Labute approximate surface area is 203 Å². The first-order chi connectivity index (χ1) is 16.5. The number of anilines is 1. The van der Waals surface area contributed by atoms with Crippen molar-refractivity contribution in [3.8, 4) is 11.5 Å². The summed E-state index contributed by atoms with van der Waals surface area (Å²) in [7, 11) is 3.14. The van der Waals surface area contributed by atoms with E-state index >= 15 is 0 Å². The Bertz CT molecular complexity index is 1220. The normalized spacial score (nSPS) is 21.3. The number of rotatable bonds is 5. The molecule has 34 heavy (non-hydrogen) atoms. The maximum Gasteiger partial charge on any atom is 0.275 e. The van der Waals surface area contributed by atoms with E-state index in [-0.39, 0.29) is 17.9 Å². The topological polar surface area (TPSA) is 72.8 Å². The lowest BCUT2D eigenvalue weighted by Gasteiger charge is -2.44. The van der Waals surface area contributed by atoms with Crippen molar-refractivity contribution in [1.29, 1.82) is 0 Å². The van der Waals surface area contributed by atoms with E-state index in [4.69, 9.17) is 9.47 Å². The maximum atomic E-state index is 14.0. The fourth-order valence-electron chi connectivity index (χ4n) is 5.35. The molecule has 1 fully saturated rings. The van der Waals surface area contributed by atoms with Gasteiger partial charge in [0.2, 0.25) is 5.91 Å². The van der Waals surface area contributed by atoms with E-state index < -0.39 is 5.54 Å². The Balaban J connectivity index is 1.59. The van der Waals surface area contributed by atoms with Crippen LogP contribution in [0.5, 0.6) is 11.5 Å². The van der Waals surface area contributed by atoms with Crippen molar-refractivity contribution >= 4 is 39.1 Å². The molecule has 0 radical (unpaired) electrons. The zero-order valence-corrected chi connectivity index (χ0v) is 20.7. The van der Waals surface area contributed by atoms with Gasteiger partial charge in [-0.25, -0.2) is 0 Å². The Morgan fingerprint density at radius 1 is 1.06 bits per heavy atom. The molecule has 1 N–H and O–H groups in total. The van der Waals surface area contributed by atoms with Gasteiger partial charge in [-0.2, -0.15) is 0 Å². The minimum Gasteiger partial charge on any atom is -0.493 e. The number of amides is 2. The number of fused-ring (bicyclic) bond motifs is 3. The summed E-state index contributed by atoms with van der Waals surface area (Å²) >= 11 is 1.60. The summed E-state index contributed by atoms with van der Waals surface area (Å²) in [6.45, 7) is 2.25. The summed E-state index contributed by atoms with van der Waals surface area (Å²) in [5.41, 5.74) is 1.09. The Morgan fingerprint density at radius 3 is 2.50 bits per heavy atom. The fourth-order valence-corrected chi connectivity index (χ4v) is 6.17. The summed E-state index contributed by atoms with van der Waals surface area (Å²) in [5, 5.41) is 5.33. The Morgan fingerprint density at radius 2 is 1.79 bits per heavy atom. The van der Waals surface area contributed by atoms with Crippen molar-refractivity contribution < 1.29 is 19.1 Å². The zero-order valence-electron chi connectivity index (χ0n) is 19.9. The maximum absolute atomic E-state index is 14.0. The number of nitrogens with one attached hydrogen (secondary N) is 1. The lowest BCUT2D eigenvalue weighted by Crippen LogP contribution is -2.65. The van der Waals surface area contributed by atoms with Crippen molar-refractivity contribution in [1.82, 2.24) is 9.88 Å². The largest absolute Gasteiger partial charge is 0.493 e. The van der Waals surface area contributed by atoms with Gasteiger partial charge in [-0.15, -0.1) is 11.3 Å². The number of hydrogen-bond acceptors (Lipinski definition) is 5. The van der Waals surface area contributed by atoms with Crippen molar-refractivity contribution in [2.24, 2.45) is 0 Å². The number of benzene rings is 1. The van der Waals surface area contributed by atoms with Crippen molar-refractivity contribution in [3.05, 3.63) is 41.4 Å². The highest BCUT2D eigenvalue weighted by Gasteiger charge is 2.49. The van der Waals surface area contributed by atoms with Gasteiger partial charge >= 0.3 is 0 Å². The van der Waals surface area contributed by atoms with E-state index in [0.717, 1.165) is 35.9 Å². The molecule has 1 aliphatic carbocycles. The third-order valence-corrected chi connectivity index (χ3v) is 8.06. The van der Waals surface area contributed by atoms with E-state index in [1.54, 1.807) is 42.6 Å². The highest BCUT2D eigenvalue weighted by molar-refractivity contribution is 7.17. The second-order valence-electron chi connectivity index (χ2n) is 9.40. The summed E-state index contributed by atoms with van der Waals surface area (Å²) in [5.74, 6) is 0.774. The van der Waals surface area contributed by atoms with Crippen LogP contribution < -0.4 is 19.7 Å². The van der Waals surface area contributed by atoms with Crippen molar-refractivity contribution in [3.63, 3.8) is 0 Å². The van der Waals surface area contributed by atoms with Gasteiger partial charge in [0.25, 0.3) is 5.91 Å². The number of thiophene rings is 1. The van der Waals surface area contributed by atoms with E-state index in [2.05, 4.69) is 5.32 Å². The number of ether oxygens (including phenoxy) is 2. The quantitative estimate of drug-likeness (QED) is 0.522. The van der Waals surface area contributed by atoms with Gasteiger partial charge in [-0.05, 0) is 49.4 Å². The number of carbonyl (C=O) groups is 2. The molecule has 0 spiro atoms. The SMILES string of the molecule is COc1ccc(N2C(=O)c3cc4sccc4n3C[C@@]2(C)C(=O)NC2CCCCCC2)cc1OC. The molecule has 1 aliphatic heterocycles. The number of methoxy groups -OCH3 is 2. The standard InChI is InChI=1S/C26H31N3O4S/c1-26(25(31)27-17-8-6-4-5-7-9-17)16-28-19-12-13-34-23(19)15-20(28)24(30)29(26)18-10-11-21(32-2)22(14-18)33-3/h10-15,17H,4-9,16H2,1-3H3,(H,27,31)/t26-/m0/s1. The van der Waals surface area contributed by atoms with Crippen LogP contribution in [0, 0.1) is 0 Å². The van der Waals surface area contributed by atoms with E-state index in [0.29, 0.717) is 29.4 Å². The fraction of sp³-hybridized carbons (Fsp3) is 0.462. The molecule has 0 saturated heterocycles. The van der Waals surface area contributed by atoms with Crippen LogP contribution in [0.1, 0.15) is 55.9 Å². The number of aromatic nitrogens is 1. The second kappa shape index (κ2) is 8.98. The first-order valence-electron chi connectivity index (χ1n) is 11.9. The molecular formula is C26H31N3O4S. The van der Waals surface area contributed by atoms with Crippen LogP contribution in [0.2, 0.25) is 0 Å². The number of nitrogens with zero attached hydrogens (tertiary/aromatic N) is 2. The van der Waals surface area contributed by atoms with Crippen LogP contribution in [-0.2, 0) is 11.3 Å². The molecule has 0 unspecified atom stereocenters. The van der Waals surface area contributed by atoms with Gasteiger partial charge < -0.3 is 19.4 Å². The molecule has 3 aromatic rings. The Hall–Kier alpha value is -3.00. The third-order valence-electron chi connectivity index (χ3n) is 7.21. The predicted octanol–water partition coefficient (Wildman–Crippen LogP) is 4.98. The van der Waals surface area contributed by atoms with Crippen LogP contribution in [0.25, 0.3) is 10.2 Å². The molecule has 1 aromatic carbocycles.